The number of amides is 1. The standard InChI is InChI=1S/C14H16ClNO5/c1-4-12(18)21-14-10(16-9(2)17)5-6-11(13(14)15)20-8-7-19-3/h4-6H,1,7-8H2,2-3H3,(H,16,17). The van der Waals surface area contributed by atoms with E-state index in [1.165, 1.54) is 13.0 Å². The fraction of sp³-hybridized carbons (Fsp3) is 0.286. The number of anilines is 1. The van der Waals surface area contributed by atoms with Crippen molar-refractivity contribution in [2.45, 2.75) is 6.92 Å². The summed E-state index contributed by atoms with van der Waals surface area (Å²) in [5.41, 5.74) is 0.266. The number of nitrogens with one attached hydrogen (secondary N) is 1. The van der Waals surface area contributed by atoms with E-state index in [0.717, 1.165) is 6.08 Å². The van der Waals surface area contributed by atoms with Gasteiger partial charge in [0.05, 0.1) is 12.3 Å². The molecule has 0 heterocycles. The molecule has 6 nitrogen and oxygen atoms in total. The number of ether oxygens (including phenoxy) is 3. The van der Waals surface area contributed by atoms with Crippen molar-refractivity contribution in [1.82, 2.24) is 0 Å². The van der Waals surface area contributed by atoms with Gasteiger partial charge in [-0.3, -0.25) is 4.79 Å². The quantitative estimate of drug-likeness (QED) is 0.362. The maximum absolute atomic E-state index is 11.4. The number of rotatable bonds is 7. The Morgan fingerprint density at radius 3 is 2.67 bits per heavy atom. The number of halogens is 1. The molecule has 21 heavy (non-hydrogen) atoms. The molecule has 0 atom stereocenters. The highest BCUT2D eigenvalue weighted by Crippen LogP contribution is 2.40. The summed E-state index contributed by atoms with van der Waals surface area (Å²) in [5, 5.41) is 2.60. The second-order valence-electron chi connectivity index (χ2n) is 3.90. The van der Waals surface area contributed by atoms with Crippen LogP contribution in [0.2, 0.25) is 5.02 Å². The molecule has 0 saturated carbocycles. The van der Waals surface area contributed by atoms with E-state index in [-0.39, 0.29) is 29.0 Å². The fourth-order valence-electron chi connectivity index (χ4n) is 1.41. The van der Waals surface area contributed by atoms with Gasteiger partial charge in [0, 0.05) is 20.1 Å². The van der Waals surface area contributed by atoms with Gasteiger partial charge in [-0.2, -0.15) is 0 Å². The molecular formula is C14H16ClNO5. The van der Waals surface area contributed by atoms with Crippen molar-refractivity contribution in [3.63, 3.8) is 0 Å². The van der Waals surface area contributed by atoms with Gasteiger partial charge in [-0.15, -0.1) is 0 Å². The SMILES string of the molecule is C=CC(=O)Oc1c(NC(C)=O)ccc(OCCOC)c1Cl. The van der Waals surface area contributed by atoms with Crippen LogP contribution < -0.4 is 14.8 Å². The maximum atomic E-state index is 11.4. The van der Waals surface area contributed by atoms with Crippen molar-refractivity contribution < 1.29 is 23.8 Å². The third-order valence-corrected chi connectivity index (χ3v) is 2.64. The van der Waals surface area contributed by atoms with E-state index in [2.05, 4.69) is 11.9 Å². The van der Waals surface area contributed by atoms with Gasteiger partial charge in [0.2, 0.25) is 5.91 Å². The molecule has 0 aliphatic rings. The van der Waals surface area contributed by atoms with Gasteiger partial charge in [-0.25, -0.2) is 4.79 Å². The molecule has 1 amide bonds. The molecule has 1 aromatic carbocycles. The van der Waals surface area contributed by atoms with Gasteiger partial charge in [-0.1, -0.05) is 18.2 Å². The van der Waals surface area contributed by atoms with Crippen molar-refractivity contribution in [1.29, 1.82) is 0 Å². The van der Waals surface area contributed by atoms with E-state index in [1.807, 2.05) is 0 Å². The molecule has 0 unspecified atom stereocenters. The summed E-state index contributed by atoms with van der Waals surface area (Å²) >= 11 is 6.15. The van der Waals surface area contributed by atoms with Crippen LogP contribution in [0.4, 0.5) is 5.69 Å². The lowest BCUT2D eigenvalue weighted by molar-refractivity contribution is -0.129. The first-order valence-corrected chi connectivity index (χ1v) is 6.43. The van der Waals surface area contributed by atoms with Crippen LogP contribution >= 0.6 is 11.6 Å². The van der Waals surface area contributed by atoms with Crippen LogP contribution in [0.3, 0.4) is 0 Å². The Morgan fingerprint density at radius 1 is 1.38 bits per heavy atom. The molecule has 114 valence electrons. The first kappa shape index (κ1) is 17.0. The zero-order chi connectivity index (χ0) is 15.8. The number of carbonyl (C=O) groups is 2. The molecule has 0 bridgehead atoms. The summed E-state index contributed by atoms with van der Waals surface area (Å²) in [6.07, 6.45) is 0.992. The Kier molecular flexibility index (Phi) is 6.71. The molecule has 0 saturated heterocycles. The average Bonchev–Trinajstić information content (AvgIpc) is 2.44. The molecule has 1 rings (SSSR count). The lowest BCUT2D eigenvalue weighted by atomic mass is 10.2. The zero-order valence-corrected chi connectivity index (χ0v) is 12.5. The Bertz CT molecular complexity index is 544. The first-order valence-electron chi connectivity index (χ1n) is 6.05. The molecule has 0 radical (unpaired) electrons. The van der Waals surface area contributed by atoms with Gasteiger partial charge in [0.1, 0.15) is 17.4 Å². The normalized spacial score (nSPS) is 9.86. The Hall–Kier alpha value is -2.05. The van der Waals surface area contributed by atoms with Crippen LogP contribution in [0.15, 0.2) is 24.8 Å². The highest BCUT2D eigenvalue weighted by Gasteiger charge is 2.17. The minimum Gasteiger partial charge on any atom is -0.489 e. The largest absolute Gasteiger partial charge is 0.489 e. The van der Waals surface area contributed by atoms with E-state index in [4.69, 9.17) is 25.8 Å². The maximum Gasteiger partial charge on any atom is 0.335 e. The predicted molar refractivity (Wildman–Crippen MR) is 79.0 cm³/mol. The highest BCUT2D eigenvalue weighted by atomic mass is 35.5. The van der Waals surface area contributed by atoms with E-state index < -0.39 is 5.97 Å². The summed E-state index contributed by atoms with van der Waals surface area (Å²) in [4.78, 5) is 22.5. The Morgan fingerprint density at radius 2 is 2.10 bits per heavy atom. The molecule has 0 aromatic heterocycles. The number of benzene rings is 1. The van der Waals surface area contributed by atoms with Crippen LogP contribution in [0.5, 0.6) is 11.5 Å². The summed E-state index contributed by atoms with van der Waals surface area (Å²) in [6.45, 7) is 5.30. The zero-order valence-electron chi connectivity index (χ0n) is 11.8. The van der Waals surface area contributed by atoms with E-state index in [9.17, 15) is 9.59 Å². The highest BCUT2D eigenvalue weighted by molar-refractivity contribution is 6.34. The average molecular weight is 314 g/mol. The van der Waals surface area contributed by atoms with E-state index >= 15 is 0 Å². The lowest BCUT2D eigenvalue weighted by Gasteiger charge is -2.14. The van der Waals surface area contributed by atoms with E-state index in [1.54, 1.807) is 13.2 Å². The minimum absolute atomic E-state index is 0.00619. The van der Waals surface area contributed by atoms with Crippen LogP contribution in [-0.4, -0.2) is 32.2 Å². The van der Waals surface area contributed by atoms with Gasteiger partial charge < -0.3 is 19.5 Å². The third kappa shape index (κ3) is 5.09. The first-order chi connectivity index (χ1) is 9.99. The second-order valence-corrected chi connectivity index (χ2v) is 4.28. The Labute approximate surface area is 127 Å². The number of hydrogen-bond acceptors (Lipinski definition) is 5. The summed E-state index contributed by atoms with van der Waals surface area (Å²) < 4.78 is 15.3. The van der Waals surface area contributed by atoms with Crippen LogP contribution in [0.1, 0.15) is 6.92 Å². The van der Waals surface area contributed by atoms with Crippen molar-refractivity contribution in [2.75, 3.05) is 25.6 Å². The molecule has 0 fully saturated rings. The smallest absolute Gasteiger partial charge is 0.335 e. The van der Waals surface area contributed by atoms with Crippen molar-refractivity contribution in [2.24, 2.45) is 0 Å². The number of hydrogen-bond donors (Lipinski definition) is 1. The van der Waals surface area contributed by atoms with Gasteiger partial charge in [-0.05, 0) is 12.1 Å². The monoisotopic (exact) mass is 313 g/mol. The third-order valence-electron chi connectivity index (χ3n) is 2.29. The molecular weight excluding hydrogens is 298 g/mol. The summed E-state index contributed by atoms with van der Waals surface area (Å²) in [5.74, 6) is -0.700. The summed E-state index contributed by atoms with van der Waals surface area (Å²) in [7, 11) is 1.54. The van der Waals surface area contributed by atoms with Gasteiger partial charge in [0.25, 0.3) is 0 Å². The predicted octanol–water partition coefficient (Wildman–Crippen LogP) is 2.42. The molecule has 1 N–H and O–H groups in total. The molecule has 0 aliphatic carbocycles. The Balaban J connectivity index is 3.10. The molecule has 7 heteroatoms. The van der Waals surface area contributed by atoms with Crippen molar-refractivity contribution in [3.05, 3.63) is 29.8 Å². The molecule has 0 spiro atoms. The van der Waals surface area contributed by atoms with Crippen LogP contribution in [0, 0.1) is 0 Å². The lowest BCUT2D eigenvalue weighted by Crippen LogP contribution is -2.12. The molecule has 1 aromatic rings. The minimum atomic E-state index is -0.697. The summed E-state index contributed by atoms with van der Waals surface area (Å²) in [6, 6.07) is 3.09. The van der Waals surface area contributed by atoms with Crippen LogP contribution in [-0.2, 0) is 14.3 Å². The number of carbonyl (C=O) groups excluding carboxylic acids is 2. The number of methoxy groups -OCH3 is 1. The number of esters is 1. The second kappa shape index (κ2) is 8.28. The van der Waals surface area contributed by atoms with Crippen molar-refractivity contribution >= 4 is 29.2 Å². The van der Waals surface area contributed by atoms with E-state index in [0.29, 0.717) is 12.4 Å². The fourth-order valence-corrected chi connectivity index (χ4v) is 1.67. The van der Waals surface area contributed by atoms with Gasteiger partial charge >= 0.3 is 5.97 Å². The van der Waals surface area contributed by atoms with Crippen molar-refractivity contribution in [3.8, 4) is 11.5 Å². The topological polar surface area (TPSA) is 73.9 Å². The van der Waals surface area contributed by atoms with Gasteiger partial charge in [0.15, 0.2) is 5.75 Å². The molecule has 0 aliphatic heterocycles. The van der Waals surface area contributed by atoms with Crippen LogP contribution in [0.25, 0.3) is 0 Å².